The van der Waals surface area contributed by atoms with E-state index in [1.807, 2.05) is 13.8 Å². The number of nitrogens with zero attached hydrogens (tertiary/aromatic N) is 3. The molecule has 0 saturated carbocycles. The van der Waals surface area contributed by atoms with Crippen molar-refractivity contribution in [3.05, 3.63) is 12.7 Å². The fourth-order valence-electron chi connectivity index (χ4n) is 1.43. The van der Waals surface area contributed by atoms with Crippen LogP contribution in [0.2, 0.25) is 0 Å². The number of rotatable bonds is 2. The summed E-state index contributed by atoms with van der Waals surface area (Å²) >= 11 is 0. The summed E-state index contributed by atoms with van der Waals surface area (Å²) in [7, 11) is 0. The lowest BCUT2D eigenvalue weighted by Gasteiger charge is -2.20. The van der Waals surface area contributed by atoms with E-state index < -0.39 is 5.79 Å². The van der Waals surface area contributed by atoms with Crippen LogP contribution in [0.1, 0.15) is 20.0 Å². The Kier molecular flexibility index (Phi) is 2.26. The number of nitrogens with two attached hydrogens (primary N) is 1. The van der Waals surface area contributed by atoms with Crippen molar-refractivity contribution in [2.45, 2.75) is 31.9 Å². The van der Waals surface area contributed by atoms with Gasteiger partial charge in [-0.05, 0) is 13.8 Å². The first-order valence-electron chi connectivity index (χ1n) is 4.50. The van der Waals surface area contributed by atoms with Crippen LogP contribution in [-0.4, -0.2) is 33.3 Å². The van der Waals surface area contributed by atoms with Gasteiger partial charge in [-0.1, -0.05) is 0 Å². The highest BCUT2D eigenvalue weighted by atomic mass is 16.7. The van der Waals surface area contributed by atoms with Crippen LogP contribution in [0.3, 0.4) is 0 Å². The monoisotopic (exact) mass is 198 g/mol. The van der Waals surface area contributed by atoms with Gasteiger partial charge in [0.05, 0.1) is 6.61 Å². The van der Waals surface area contributed by atoms with Gasteiger partial charge in [0.1, 0.15) is 24.9 Å². The zero-order valence-electron chi connectivity index (χ0n) is 8.25. The van der Waals surface area contributed by atoms with E-state index in [0.717, 1.165) is 0 Å². The molecule has 1 aliphatic rings. The van der Waals surface area contributed by atoms with Gasteiger partial charge < -0.3 is 15.2 Å². The molecule has 0 aromatic carbocycles. The number of hydrogen-bond acceptors (Lipinski definition) is 5. The minimum absolute atomic E-state index is 0.174. The van der Waals surface area contributed by atoms with Crippen LogP contribution in [0.5, 0.6) is 0 Å². The van der Waals surface area contributed by atoms with Crippen LogP contribution in [0.4, 0.5) is 0 Å². The Bertz CT molecular complexity index is 298. The molecule has 1 aromatic heterocycles. The van der Waals surface area contributed by atoms with Crippen molar-refractivity contribution in [3.8, 4) is 0 Å². The van der Waals surface area contributed by atoms with E-state index in [2.05, 4.69) is 10.1 Å². The Morgan fingerprint density at radius 1 is 1.64 bits per heavy atom. The van der Waals surface area contributed by atoms with Crippen molar-refractivity contribution in [3.63, 3.8) is 0 Å². The molecule has 14 heavy (non-hydrogen) atoms. The summed E-state index contributed by atoms with van der Waals surface area (Å²) in [5.74, 6) is -0.553. The topological polar surface area (TPSA) is 75.2 Å². The molecule has 2 heterocycles. The van der Waals surface area contributed by atoms with Crippen LogP contribution in [0.25, 0.3) is 0 Å². The van der Waals surface area contributed by atoms with Crippen molar-refractivity contribution in [1.29, 1.82) is 0 Å². The number of hydrogen-bond donors (Lipinski definition) is 1. The van der Waals surface area contributed by atoms with Gasteiger partial charge in [0.15, 0.2) is 5.79 Å². The summed E-state index contributed by atoms with van der Waals surface area (Å²) in [5.41, 5.74) is 5.92. The molecule has 0 radical (unpaired) electrons. The van der Waals surface area contributed by atoms with Crippen molar-refractivity contribution in [1.82, 2.24) is 14.8 Å². The van der Waals surface area contributed by atoms with E-state index in [0.29, 0.717) is 6.61 Å². The first-order chi connectivity index (χ1) is 6.58. The lowest BCUT2D eigenvalue weighted by Crippen LogP contribution is -2.35. The van der Waals surface area contributed by atoms with E-state index in [1.54, 1.807) is 11.0 Å². The molecule has 0 aliphatic carbocycles. The highest BCUT2D eigenvalue weighted by Crippen LogP contribution is 2.26. The molecular formula is C8H14N4O2. The molecule has 1 fully saturated rings. The molecule has 6 nitrogen and oxygen atoms in total. The van der Waals surface area contributed by atoms with Crippen LogP contribution in [0.15, 0.2) is 12.7 Å². The lowest BCUT2D eigenvalue weighted by molar-refractivity contribution is -0.143. The molecule has 2 N–H and O–H groups in total. The van der Waals surface area contributed by atoms with Crippen molar-refractivity contribution < 1.29 is 9.47 Å². The van der Waals surface area contributed by atoms with Gasteiger partial charge in [-0.15, -0.1) is 0 Å². The average molecular weight is 198 g/mol. The molecule has 0 spiro atoms. The zero-order valence-corrected chi connectivity index (χ0v) is 8.25. The molecule has 0 amide bonds. The van der Waals surface area contributed by atoms with E-state index in [4.69, 9.17) is 15.2 Å². The summed E-state index contributed by atoms with van der Waals surface area (Å²) in [6, 6.07) is 0. The molecule has 78 valence electrons. The predicted molar refractivity (Wildman–Crippen MR) is 48.2 cm³/mol. The molecule has 1 aliphatic heterocycles. The first kappa shape index (κ1) is 9.57. The second kappa shape index (κ2) is 3.30. The fraction of sp³-hybridized carbons (Fsp3) is 0.750. The minimum atomic E-state index is -0.553. The van der Waals surface area contributed by atoms with Crippen molar-refractivity contribution in [2.75, 3.05) is 6.61 Å². The quantitative estimate of drug-likeness (QED) is 0.717. The summed E-state index contributed by atoms with van der Waals surface area (Å²) in [4.78, 5) is 3.83. The van der Waals surface area contributed by atoms with Crippen LogP contribution >= 0.6 is 0 Å². The lowest BCUT2D eigenvalue weighted by atomic mass is 10.3. The van der Waals surface area contributed by atoms with Crippen LogP contribution in [-0.2, 0) is 9.47 Å². The van der Waals surface area contributed by atoms with Gasteiger partial charge in [0.25, 0.3) is 0 Å². The third-order valence-electron chi connectivity index (χ3n) is 2.15. The largest absolute Gasteiger partial charge is 0.348 e. The van der Waals surface area contributed by atoms with E-state index in [9.17, 15) is 0 Å². The first-order valence-corrected chi connectivity index (χ1v) is 4.50. The zero-order chi connectivity index (χ0) is 10.2. The molecule has 2 rings (SSSR count). The Morgan fingerprint density at radius 2 is 2.43 bits per heavy atom. The van der Waals surface area contributed by atoms with Gasteiger partial charge in [-0.2, -0.15) is 5.10 Å². The van der Waals surface area contributed by atoms with Gasteiger partial charge in [0.2, 0.25) is 0 Å². The van der Waals surface area contributed by atoms with Crippen molar-refractivity contribution in [2.24, 2.45) is 5.73 Å². The Labute approximate surface area is 82.0 Å². The normalized spacial score (nSPS) is 27.8. The van der Waals surface area contributed by atoms with Gasteiger partial charge >= 0.3 is 0 Å². The highest BCUT2D eigenvalue weighted by Gasteiger charge is 2.36. The fourth-order valence-corrected chi connectivity index (χ4v) is 1.43. The van der Waals surface area contributed by atoms with Gasteiger partial charge in [-0.25, -0.2) is 9.67 Å². The standard InChI is InChI=1S/C8H14N4O2/c1-8(2)13-3-6(14-8)7(9)12-5-10-4-11-12/h4-7H,3,9H2,1-2H3/t6-,7?/m1/s1. The second-order valence-corrected chi connectivity index (χ2v) is 3.73. The van der Waals surface area contributed by atoms with E-state index >= 15 is 0 Å². The molecule has 6 heteroatoms. The number of ether oxygens (including phenoxy) is 2. The maximum atomic E-state index is 5.92. The second-order valence-electron chi connectivity index (χ2n) is 3.73. The van der Waals surface area contributed by atoms with Crippen LogP contribution in [0, 0.1) is 0 Å². The van der Waals surface area contributed by atoms with Crippen LogP contribution < -0.4 is 5.73 Å². The smallest absolute Gasteiger partial charge is 0.163 e. The van der Waals surface area contributed by atoms with Gasteiger partial charge in [-0.3, -0.25) is 0 Å². The maximum absolute atomic E-state index is 5.92. The highest BCUT2D eigenvalue weighted by molar-refractivity contribution is 4.78. The molecule has 1 saturated heterocycles. The summed E-state index contributed by atoms with van der Waals surface area (Å²) in [6.07, 6.45) is 2.49. The predicted octanol–water partition coefficient (Wildman–Crippen LogP) is -0.113. The molecular weight excluding hydrogens is 184 g/mol. The average Bonchev–Trinajstić information content (AvgIpc) is 2.72. The van der Waals surface area contributed by atoms with E-state index in [-0.39, 0.29) is 12.3 Å². The SMILES string of the molecule is CC1(C)OC[C@H](C(N)n2cncn2)O1. The Morgan fingerprint density at radius 3 is 2.93 bits per heavy atom. The third kappa shape index (κ3) is 1.77. The maximum Gasteiger partial charge on any atom is 0.163 e. The minimum Gasteiger partial charge on any atom is -0.348 e. The van der Waals surface area contributed by atoms with E-state index in [1.165, 1.54) is 6.33 Å². The Balaban J connectivity index is 2.04. The molecule has 2 atom stereocenters. The molecule has 1 aromatic rings. The van der Waals surface area contributed by atoms with Crippen molar-refractivity contribution >= 4 is 0 Å². The molecule has 1 unspecified atom stereocenters. The summed E-state index contributed by atoms with van der Waals surface area (Å²) in [5, 5.41) is 3.95. The third-order valence-corrected chi connectivity index (χ3v) is 2.15. The summed E-state index contributed by atoms with van der Waals surface area (Å²) in [6.45, 7) is 4.20. The number of aromatic nitrogens is 3. The summed E-state index contributed by atoms with van der Waals surface area (Å²) < 4.78 is 12.6. The molecule has 0 bridgehead atoms. The van der Waals surface area contributed by atoms with Gasteiger partial charge in [0, 0.05) is 0 Å². The Hall–Kier alpha value is -0.980.